The first kappa shape index (κ1) is 19.0. The van der Waals surface area contributed by atoms with E-state index in [1.54, 1.807) is 24.3 Å². The van der Waals surface area contributed by atoms with Crippen LogP contribution in [0.15, 0.2) is 52.7 Å². The summed E-state index contributed by atoms with van der Waals surface area (Å²) in [5, 5.41) is 0. The molecule has 4 rings (SSSR count). The van der Waals surface area contributed by atoms with Crippen molar-refractivity contribution in [2.24, 2.45) is 11.8 Å². The standard InChI is InChI=1S/C20H21BrO5/c1-3-24-20(25-4-2)12-14-8-9-15(20)11-17(18(14)22)26-19(23)13-6-5-7-16(21)10-13/h5-11,14-15H,3-4,12H2,1-2H3/t14-,15-/m1/s1. The number of carbonyl (C=O) groups excluding carboxylic acids is 2. The Bertz CT molecular complexity index is 761. The number of ketones is 1. The highest BCUT2D eigenvalue weighted by Crippen LogP contribution is 2.42. The van der Waals surface area contributed by atoms with Crippen molar-refractivity contribution in [2.45, 2.75) is 26.1 Å². The number of fused-ring (bicyclic) bond motifs is 2. The number of halogens is 1. The maximum Gasteiger partial charge on any atom is 0.343 e. The van der Waals surface area contributed by atoms with Crippen molar-refractivity contribution >= 4 is 27.7 Å². The molecule has 3 aliphatic rings. The fourth-order valence-corrected chi connectivity index (χ4v) is 3.80. The lowest BCUT2D eigenvalue weighted by atomic mass is 9.84. The fourth-order valence-electron chi connectivity index (χ4n) is 3.40. The summed E-state index contributed by atoms with van der Waals surface area (Å²) in [6.45, 7) is 4.71. The quantitative estimate of drug-likeness (QED) is 0.394. The van der Waals surface area contributed by atoms with Gasteiger partial charge in [-0.05, 0) is 38.1 Å². The number of esters is 1. The van der Waals surface area contributed by atoms with Crippen LogP contribution in [0, 0.1) is 11.8 Å². The van der Waals surface area contributed by atoms with Crippen LogP contribution in [-0.2, 0) is 19.0 Å². The van der Waals surface area contributed by atoms with Crippen LogP contribution in [0.3, 0.4) is 0 Å². The van der Waals surface area contributed by atoms with Crippen LogP contribution in [0.1, 0.15) is 30.6 Å². The van der Waals surface area contributed by atoms with Gasteiger partial charge in [-0.2, -0.15) is 0 Å². The van der Waals surface area contributed by atoms with E-state index in [1.807, 2.05) is 32.1 Å². The van der Waals surface area contributed by atoms with E-state index in [4.69, 9.17) is 14.2 Å². The highest BCUT2D eigenvalue weighted by molar-refractivity contribution is 9.10. The Morgan fingerprint density at radius 2 is 1.96 bits per heavy atom. The van der Waals surface area contributed by atoms with Crippen LogP contribution in [0.25, 0.3) is 0 Å². The molecule has 3 aliphatic carbocycles. The Kier molecular flexibility index (Phi) is 5.75. The summed E-state index contributed by atoms with van der Waals surface area (Å²) in [6.07, 6.45) is 5.80. The molecule has 2 bridgehead atoms. The van der Waals surface area contributed by atoms with E-state index >= 15 is 0 Å². The normalized spacial score (nSPS) is 23.5. The Labute approximate surface area is 161 Å². The lowest BCUT2D eigenvalue weighted by Gasteiger charge is -2.40. The van der Waals surface area contributed by atoms with E-state index in [-0.39, 0.29) is 17.5 Å². The number of carbonyl (C=O) groups is 2. The molecule has 1 aromatic rings. The first-order valence-electron chi connectivity index (χ1n) is 8.69. The van der Waals surface area contributed by atoms with Gasteiger partial charge < -0.3 is 14.2 Å². The molecule has 0 fully saturated rings. The molecule has 0 aliphatic heterocycles. The van der Waals surface area contributed by atoms with Gasteiger partial charge >= 0.3 is 5.97 Å². The van der Waals surface area contributed by atoms with Crippen molar-refractivity contribution < 1.29 is 23.8 Å². The largest absolute Gasteiger partial charge is 0.419 e. The summed E-state index contributed by atoms with van der Waals surface area (Å²) < 4.78 is 18.0. The number of rotatable bonds is 6. The summed E-state index contributed by atoms with van der Waals surface area (Å²) >= 11 is 3.33. The van der Waals surface area contributed by atoms with E-state index in [9.17, 15) is 9.59 Å². The maximum atomic E-state index is 12.8. The summed E-state index contributed by atoms with van der Waals surface area (Å²) in [7, 11) is 0. The van der Waals surface area contributed by atoms with Gasteiger partial charge in [0.15, 0.2) is 11.5 Å². The van der Waals surface area contributed by atoms with Crippen molar-refractivity contribution in [3.8, 4) is 0 Å². The second-order valence-corrected chi connectivity index (χ2v) is 7.11. The molecular weight excluding hydrogens is 400 g/mol. The van der Waals surface area contributed by atoms with Crippen molar-refractivity contribution in [2.75, 3.05) is 13.2 Å². The molecule has 138 valence electrons. The molecule has 6 heteroatoms. The molecule has 1 aromatic carbocycles. The molecular formula is C20H21BrO5. The Balaban J connectivity index is 1.89. The van der Waals surface area contributed by atoms with Gasteiger partial charge in [0, 0.05) is 30.0 Å². The van der Waals surface area contributed by atoms with Crippen LogP contribution in [0.2, 0.25) is 0 Å². The highest BCUT2D eigenvalue weighted by Gasteiger charge is 2.48. The van der Waals surface area contributed by atoms with Gasteiger partial charge in [0.1, 0.15) is 0 Å². The molecule has 5 nitrogen and oxygen atoms in total. The molecule has 0 unspecified atom stereocenters. The summed E-state index contributed by atoms with van der Waals surface area (Å²) in [5.41, 5.74) is 0.374. The summed E-state index contributed by atoms with van der Waals surface area (Å²) in [6, 6.07) is 6.86. The molecule has 0 aromatic heterocycles. The zero-order valence-corrected chi connectivity index (χ0v) is 16.3. The van der Waals surface area contributed by atoms with Crippen molar-refractivity contribution in [3.05, 3.63) is 58.3 Å². The number of hydrogen-bond donors (Lipinski definition) is 0. The molecule has 2 atom stereocenters. The average Bonchev–Trinajstić information content (AvgIpc) is 2.82. The first-order chi connectivity index (χ1) is 12.5. The zero-order valence-electron chi connectivity index (χ0n) is 14.7. The highest BCUT2D eigenvalue weighted by atomic mass is 79.9. The third-order valence-electron chi connectivity index (χ3n) is 4.51. The van der Waals surface area contributed by atoms with Crippen LogP contribution in [0.5, 0.6) is 0 Å². The Morgan fingerprint density at radius 3 is 2.62 bits per heavy atom. The van der Waals surface area contributed by atoms with Crippen LogP contribution >= 0.6 is 15.9 Å². The number of hydrogen-bond acceptors (Lipinski definition) is 5. The minimum absolute atomic E-state index is 0.0521. The first-order valence-corrected chi connectivity index (χ1v) is 9.48. The molecule has 0 heterocycles. The number of ether oxygens (including phenoxy) is 3. The lowest BCUT2D eigenvalue weighted by molar-refractivity contribution is -0.255. The minimum atomic E-state index is -0.900. The summed E-state index contributed by atoms with van der Waals surface area (Å²) in [4.78, 5) is 25.3. The van der Waals surface area contributed by atoms with Crippen LogP contribution < -0.4 is 0 Å². The van der Waals surface area contributed by atoms with Gasteiger partial charge in [0.25, 0.3) is 0 Å². The van der Waals surface area contributed by atoms with Crippen LogP contribution in [-0.4, -0.2) is 30.8 Å². The predicted octanol–water partition coefficient (Wildman–Crippen LogP) is 4.03. The van der Waals surface area contributed by atoms with Crippen molar-refractivity contribution in [3.63, 3.8) is 0 Å². The average molecular weight is 421 g/mol. The smallest absolute Gasteiger partial charge is 0.343 e. The van der Waals surface area contributed by atoms with Gasteiger partial charge in [0.2, 0.25) is 5.78 Å². The Morgan fingerprint density at radius 1 is 1.23 bits per heavy atom. The van der Waals surface area contributed by atoms with E-state index in [0.29, 0.717) is 25.2 Å². The lowest BCUT2D eigenvalue weighted by Crippen LogP contribution is -2.45. The van der Waals surface area contributed by atoms with Gasteiger partial charge in [-0.1, -0.05) is 34.1 Å². The molecule has 0 radical (unpaired) electrons. The molecule has 0 saturated heterocycles. The number of allylic oxidation sites excluding steroid dienone is 2. The second-order valence-electron chi connectivity index (χ2n) is 6.19. The SMILES string of the molecule is CCOC1(OCC)C[C@H]2C=C[C@@H]1C=C(OC(=O)c1cccc(Br)c1)C2=O. The molecule has 0 spiro atoms. The topological polar surface area (TPSA) is 61.8 Å². The van der Waals surface area contributed by atoms with Gasteiger partial charge in [-0.15, -0.1) is 0 Å². The summed E-state index contributed by atoms with van der Waals surface area (Å²) in [5.74, 6) is -2.37. The zero-order chi connectivity index (χ0) is 18.7. The Hall–Kier alpha value is -1.76. The van der Waals surface area contributed by atoms with E-state index in [2.05, 4.69) is 15.9 Å². The van der Waals surface area contributed by atoms with Gasteiger partial charge in [-0.3, -0.25) is 4.79 Å². The second kappa shape index (κ2) is 7.86. The third kappa shape index (κ3) is 3.68. The van der Waals surface area contributed by atoms with Gasteiger partial charge in [0.05, 0.1) is 11.5 Å². The molecule has 0 N–H and O–H groups in total. The van der Waals surface area contributed by atoms with Crippen molar-refractivity contribution in [1.82, 2.24) is 0 Å². The molecule has 0 amide bonds. The number of benzene rings is 1. The van der Waals surface area contributed by atoms with E-state index in [0.717, 1.165) is 4.47 Å². The number of Topliss-reactive ketones (excluding diaryl/α,β-unsaturated/α-hetero) is 1. The maximum absolute atomic E-state index is 12.8. The van der Waals surface area contributed by atoms with Gasteiger partial charge in [-0.25, -0.2) is 4.79 Å². The molecule has 26 heavy (non-hydrogen) atoms. The molecule has 0 saturated carbocycles. The monoisotopic (exact) mass is 420 g/mol. The predicted molar refractivity (Wildman–Crippen MR) is 99.4 cm³/mol. The van der Waals surface area contributed by atoms with E-state index < -0.39 is 17.7 Å². The van der Waals surface area contributed by atoms with Crippen LogP contribution in [0.4, 0.5) is 0 Å². The minimum Gasteiger partial charge on any atom is -0.419 e. The van der Waals surface area contributed by atoms with E-state index in [1.165, 1.54) is 0 Å². The third-order valence-corrected chi connectivity index (χ3v) is 5.01. The fraction of sp³-hybridized carbons (Fsp3) is 0.400. The van der Waals surface area contributed by atoms with Crippen molar-refractivity contribution in [1.29, 1.82) is 0 Å².